The average molecular weight is 1630 g/mol. The molecule has 23 rings (SSSR count). The molecule has 2 aliphatic carbocycles. The van der Waals surface area contributed by atoms with Gasteiger partial charge in [0.2, 0.25) is 23.6 Å². The zero-order valence-electron chi connectivity index (χ0n) is 63.8. The quantitative estimate of drug-likeness (QED) is 0.0236. The minimum absolute atomic E-state index is 0. The van der Waals surface area contributed by atoms with Crippen molar-refractivity contribution in [1.29, 1.82) is 0 Å². The second-order valence-electron chi connectivity index (χ2n) is 29.1. The molecule has 108 heavy (non-hydrogen) atoms. The van der Waals surface area contributed by atoms with Crippen LogP contribution >= 0.6 is 23.5 Å². The van der Waals surface area contributed by atoms with Crippen LogP contribution in [0.3, 0.4) is 0 Å². The van der Waals surface area contributed by atoms with E-state index in [1.54, 1.807) is 0 Å². The number of urea groups is 1. The molecule has 18 bridgehead atoms. The molecule has 5 unspecified atom stereocenters. The van der Waals surface area contributed by atoms with Gasteiger partial charge < -0.3 is 63.9 Å². The number of hydrogen-bond acceptors (Lipinski definition) is 17. The van der Waals surface area contributed by atoms with E-state index in [9.17, 15) is 28.8 Å². The van der Waals surface area contributed by atoms with Crippen molar-refractivity contribution in [3.8, 4) is 40.2 Å². The molecule has 3 saturated heterocycles. The zero-order valence-corrected chi connectivity index (χ0v) is 67.4. The van der Waals surface area contributed by atoms with Gasteiger partial charge in [0.25, 0.3) is 0 Å². The molecule has 5 atom stereocenters. The zero-order chi connectivity index (χ0) is 75.1. The van der Waals surface area contributed by atoms with E-state index in [1.165, 1.54) is 45.1 Å². The third-order valence-electron chi connectivity index (χ3n) is 21.1. The van der Waals surface area contributed by atoms with Crippen LogP contribution in [0.15, 0.2) is 72.8 Å². The number of unbranched alkanes of at least 4 members (excludes halogenated alkanes) is 2. The van der Waals surface area contributed by atoms with Crippen LogP contribution in [0, 0.1) is 83.5 Å². The molecule has 3 fully saturated rings. The van der Waals surface area contributed by atoms with Gasteiger partial charge in [-0.25, -0.2) is 4.79 Å². The maximum absolute atomic E-state index is 14.6. The number of ketones is 1. The number of Topliss-reactive ketones (excluding diaryl/α,β-unsaturated/α-hetero) is 1. The first kappa shape index (κ1) is 82.1. The van der Waals surface area contributed by atoms with Gasteiger partial charge in [-0.1, -0.05) is 70.4 Å². The van der Waals surface area contributed by atoms with E-state index in [2.05, 4.69) is 136 Å². The molecule has 0 aromatic heterocycles. The van der Waals surface area contributed by atoms with Gasteiger partial charge in [0.15, 0.2) is 17.3 Å². The minimum atomic E-state index is -0.793. The second kappa shape index (κ2) is 39.4. The molecular formula is C85H105N5O15S2Xe. The fraction of sp³-hybridized carbons (Fsp3) is 0.506. The van der Waals surface area contributed by atoms with E-state index in [0.717, 1.165) is 133 Å². The smallest absolute Gasteiger partial charge is 0.315 e. The molecule has 0 saturated carbocycles. The maximum Gasteiger partial charge on any atom is 0.315 e. The molecule has 0 spiro atoms. The molecule has 0 radical (unpaired) electrons. The van der Waals surface area contributed by atoms with E-state index in [-0.39, 0.29) is 131 Å². The molecule has 15 heterocycles. The molecule has 20 nitrogen and oxygen atoms in total. The molecule has 17 aliphatic rings. The summed E-state index contributed by atoms with van der Waals surface area (Å²) in [6.45, 7) is 20.1. The van der Waals surface area contributed by atoms with Crippen molar-refractivity contribution in [2.45, 2.75) is 180 Å². The van der Waals surface area contributed by atoms with E-state index in [0.29, 0.717) is 133 Å². The molecule has 580 valence electrons. The Balaban J connectivity index is 0.000000881. The van der Waals surface area contributed by atoms with Gasteiger partial charge in [0.1, 0.15) is 75.0 Å². The molecule has 15 aliphatic heterocycles. The Morgan fingerprint density at radius 3 is 1.36 bits per heavy atom. The summed E-state index contributed by atoms with van der Waals surface area (Å²) in [6, 6.07) is 27.2. The Kier molecular flexibility index (Phi) is 29.9. The van der Waals surface area contributed by atoms with Crippen LogP contribution in [-0.2, 0) is 72.0 Å². The van der Waals surface area contributed by atoms with Crippen LogP contribution in [0.4, 0.5) is 4.79 Å². The van der Waals surface area contributed by atoms with Crippen molar-refractivity contribution in [2.24, 2.45) is 0 Å². The minimum Gasteiger partial charge on any atom is -0.490 e. The molecular weight excluding hydrogens is 1530 g/mol. The molecule has 4 N–H and O–H groups in total. The van der Waals surface area contributed by atoms with Crippen molar-refractivity contribution in [3.05, 3.63) is 167 Å². The van der Waals surface area contributed by atoms with Gasteiger partial charge in [0, 0.05) is 98.8 Å². The van der Waals surface area contributed by atoms with Gasteiger partial charge in [-0.3, -0.25) is 28.9 Å². The van der Waals surface area contributed by atoms with Crippen molar-refractivity contribution >= 4 is 59.0 Å². The number of ether oxygens (including phenoxy) is 9. The number of nitrogens with one attached hydrogen (secondary N) is 4. The first-order chi connectivity index (χ1) is 51.9. The third kappa shape index (κ3) is 21.2. The van der Waals surface area contributed by atoms with Crippen LogP contribution in [0.5, 0.6) is 40.2 Å². The summed E-state index contributed by atoms with van der Waals surface area (Å²) in [5, 5.41) is 10.7. The number of aryl methyl sites for hydroxylation is 5. The number of carbonyl (C=O) groups is 6. The standard InChI is InChI=1S/C78H93N3O14S.C7H12N2OS.Xe/c1-8-10-11-13-75(83)79-15-18-87-20-21-88-19-16-80-76(84)14-17-81-77(85)46-74(78(81)86)96-73(12-9-2)65(82)47-95-72-45-64-38-62-43-70-51(6)31-56(62)36-61-42-68-52(7)32-57(61)37-63(64)44-71(72)94-27-26-93-69-41-60-35-54-29-49(4)67(90-24-25-92-70)39-58(54)33-53-28-48(3)66(89-22-23-91-68)40-59(53)34-55(60)30-50(69)5;1-2-5-6-4(3-11-5)8-7(10)9-6;/h28-32,39-45,73-74H,8-27,33-38,46-47H2,1-7H3,(H,79,83)(H,80,84);4-6H,2-3H2,1H3,(H2,8,9,10);. The molecule has 6 aromatic rings. The Bertz CT molecular complexity index is 4240. The van der Waals surface area contributed by atoms with Crippen molar-refractivity contribution in [1.82, 2.24) is 26.2 Å². The normalized spacial score (nSPS) is 18.4. The average Bonchev–Trinajstić information content (AvgIpc) is 1.60. The monoisotopic (exact) mass is 1630 g/mol. The summed E-state index contributed by atoms with van der Waals surface area (Å²) >= 11 is 3.15. The largest absolute Gasteiger partial charge is 0.490 e. The second-order valence-corrected chi connectivity index (χ2v) is 31.7. The van der Waals surface area contributed by atoms with E-state index < -0.39 is 16.4 Å². The summed E-state index contributed by atoms with van der Waals surface area (Å²) in [4.78, 5) is 78.7. The van der Waals surface area contributed by atoms with E-state index >= 15 is 0 Å². The van der Waals surface area contributed by atoms with Gasteiger partial charge in [0.05, 0.1) is 49.0 Å². The fourth-order valence-corrected chi connectivity index (χ4v) is 18.2. The predicted molar refractivity (Wildman–Crippen MR) is 416 cm³/mol. The number of imide groups is 1. The van der Waals surface area contributed by atoms with Crippen LogP contribution in [0.25, 0.3) is 0 Å². The van der Waals surface area contributed by atoms with E-state index in [1.807, 2.05) is 24.8 Å². The summed E-state index contributed by atoms with van der Waals surface area (Å²) in [7, 11) is 0. The maximum atomic E-state index is 14.6. The Labute approximate surface area is 684 Å². The first-order valence-corrected chi connectivity index (χ1v) is 40.4. The number of fused-ring (bicyclic) bond motifs is 1. The van der Waals surface area contributed by atoms with Gasteiger partial charge >= 0.3 is 6.03 Å². The van der Waals surface area contributed by atoms with Gasteiger partial charge in [-0.15, -0.1) is 11.8 Å². The van der Waals surface area contributed by atoms with E-state index in [4.69, 9.17) is 42.6 Å². The number of likely N-dealkylation sites (tertiary alicyclic amines) is 1. The Morgan fingerprint density at radius 2 is 0.935 bits per heavy atom. The molecule has 23 heteroatoms. The van der Waals surface area contributed by atoms with Crippen molar-refractivity contribution < 1.29 is 120 Å². The Morgan fingerprint density at radius 1 is 0.528 bits per heavy atom. The molecule has 6 amide bonds. The SMILES string of the molecule is CCC1SCC2NC(=O)NC21.CCCCCC(=O)NCCOCCOCCNC(=O)CCN1C(=O)CC(SC(CCC)C(=O)COc2cc3c4cc2OCCOc2cc5c(cc2C)Cc2cc6c(C)cc2Cc2cc(c(C)cc2C5)OCCOc2cc(c(cc2C)Cc2cc(c(C)cc2C4)OCCO6)C3)C1=O.[Xe]. The van der Waals surface area contributed by atoms with Crippen LogP contribution < -0.4 is 54.4 Å². The fourth-order valence-electron chi connectivity index (χ4n) is 15.2. The van der Waals surface area contributed by atoms with Crippen LogP contribution in [0.1, 0.15) is 173 Å². The van der Waals surface area contributed by atoms with Gasteiger partial charge in [-0.2, -0.15) is 11.8 Å². The summed E-state index contributed by atoms with van der Waals surface area (Å²) in [6.07, 6.45) is 9.45. The van der Waals surface area contributed by atoms with Crippen molar-refractivity contribution in [3.63, 3.8) is 0 Å². The third-order valence-corrected chi connectivity index (χ3v) is 24.2. The summed E-state index contributed by atoms with van der Waals surface area (Å²) in [5.74, 6) is 4.63. The molecule has 6 aromatic carbocycles. The predicted octanol–water partition coefficient (Wildman–Crippen LogP) is 12.2. The summed E-state index contributed by atoms with van der Waals surface area (Å²) < 4.78 is 58.0. The number of thioether (sulfide) groups is 2. The number of hydrogen-bond donors (Lipinski definition) is 4. The topological polar surface area (TPSA) is 237 Å². The first-order valence-electron chi connectivity index (χ1n) is 38.5. The van der Waals surface area contributed by atoms with Gasteiger partial charge in [-0.05, 0) is 229 Å². The van der Waals surface area contributed by atoms with Crippen LogP contribution in [0.2, 0.25) is 0 Å². The number of carbonyl (C=O) groups excluding carboxylic acids is 6. The number of amides is 6. The Hall–Kier alpha value is -6.87. The summed E-state index contributed by atoms with van der Waals surface area (Å²) in [5.41, 5.74) is 18.9. The van der Waals surface area contributed by atoms with Crippen LogP contribution in [-0.4, -0.2) is 166 Å². The van der Waals surface area contributed by atoms with Crippen molar-refractivity contribution in [2.75, 3.05) is 98.1 Å². The number of benzene rings is 6. The number of rotatable bonds is 25. The number of nitrogens with zero attached hydrogens (tertiary/aromatic N) is 1.